The lowest BCUT2D eigenvalue weighted by Crippen LogP contribution is -2.42. The van der Waals surface area contributed by atoms with E-state index in [0.717, 1.165) is 16.3 Å². The molecule has 0 bridgehead atoms. The van der Waals surface area contributed by atoms with Crippen LogP contribution in [0, 0.1) is 0 Å². The number of carbonyl (C=O) groups excluding carboxylic acids is 1. The van der Waals surface area contributed by atoms with Gasteiger partial charge in [0.2, 0.25) is 15.9 Å². The Morgan fingerprint density at radius 1 is 1.56 bits per heavy atom. The summed E-state index contributed by atoms with van der Waals surface area (Å²) in [6.07, 6.45) is 3.20. The Kier molecular flexibility index (Phi) is 4.92. The SMILES string of the molecule is C[C@@H](Cc1ccco1)NC(=O)CN(C)S(C)(=O)=O. The molecule has 0 saturated heterocycles. The molecule has 1 aromatic heterocycles. The van der Waals surface area contributed by atoms with Crippen molar-refractivity contribution >= 4 is 15.9 Å². The van der Waals surface area contributed by atoms with Crippen LogP contribution >= 0.6 is 0 Å². The lowest BCUT2D eigenvalue weighted by molar-refractivity contribution is -0.121. The van der Waals surface area contributed by atoms with E-state index in [1.54, 1.807) is 12.3 Å². The fourth-order valence-corrected chi connectivity index (χ4v) is 1.77. The Labute approximate surface area is 107 Å². The van der Waals surface area contributed by atoms with Crippen molar-refractivity contribution in [1.82, 2.24) is 9.62 Å². The minimum Gasteiger partial charge on any atom is -0.469 e. The van der Waals surface area contributed by atoms with Crippen molar-refractivity contribution in [3.63, 3.8) is 0 Å². The Morgan fingerprint density at radius 2 is 2.22 bits per heavy atom. The van der Waals surface area contributed by atoms with E-state index in [-0.39, 0.29) is 18.5 Å². The first-order valence-electron chi connectivity index (χ1n) is 5.52. The van der Waals surface area contributed by atoms with Crippen LogP contribution in [0.2, 0.25) is 0 Å². The largest absolute Gasteiger partial charge is 0.469 e. The number of rotatable bonds is 6. The smallest absolute Gasteiger partial charge is 0.235 e. The molecule has 0 radical (unpaired) electrons. The molecule has 6 nitrogen and oxygen atoms in total. The molecule has 1 heterocycles. The molecule has 0 aromatic carbocycles. The first kappa shape index (κ1) is 14.7. The maximum Gasteiger partial charge on any atom is 0.235 e. The van der Waals surface area contributed by atoms with Crippen LogP contribution in [0.25, 0.3) is 0 Å². The van der Waals surface area contributed by atoms with Crippen LogP contribution in [0.15, 0.2) is 22.8 Å². The molecular weight excluding hydrogens is 256 g/mol. The summed E-state index contributed by atoms with van der Waals surface area (Å²) in [5.74, 6) is 0.446. The molecule has 0 aliphatic carbocycles. The van der Waals surface area contributed by atoms with Crippen LogP contribution in [0.1, 0.15) is 12.7 Å². The maximum absolute atomic E-state index is 11.6. The van der Waals surface area contributed by atoms with Crippen molar-refractivity contribution in [2.45, 2.75) is 19.4 Å². The van der Waals surface area contributed by atoms with Crippen molar-refractivity contribution < 1.29 is 17.6 Å². The molecular formula is C11H18N2O4S. The van der Waals surface area contributed by atoms with Gasteiger partial charge < -0.3 is 9.73 Å². The summed E-state index contributed by atoms with van der Waals surface area (Å²) < 4.78 is 28.4. The molecule has 0 unspecified atom stereocenters. The second-order valence-electron chi connectivity index (χ2n) is 4.27. The number of furan rings is 1. The summed E-state index contributed by atoms with van der Waals surface area (Å²) in [5.41, 5.74) is 0. The van der Waals surface area contributed by atoms with E-state index in [9.17, 15) is 13.2 Å². The van der Waals surface area contributed by atoms with Gasteiger partial charge in [0.15, 0.2) is 0 Å². The number of hydrogen-bond acceptors (Lipinski definition) is 4. The van der Waals surface area contributed by atoms with Crippen LogP contribution in [-0.4, -0.2) is 44.5 Å². The van der Waals surface area contributed by atoms with E-state index in [0.29, 0.717) is 6.42 Å². The Morgan fingerprint density at radius 3 is 2.72 bits per heavy atom. The summed E-state index contributed by atoms with van der Waals surface area (Å²) in [5, 5.41) is 2.72. The van der Waals surface area contributed by atoms with E-state index in [1.807, 2.05) is 13.0 Å². The van der Waals surface area contributed by atoms with E-state index < -0.39 is 10.0 Å². The molecule has 102 valence electrons. The molecule has 0 fully saturated rings. The summed E-state index contributed by atoms with van der Waals surface area (Å²) in [4.78, 5) is 11.6. The first-order valence-corrected chi connectivity index (χ1v) is 7.37. The molecule has 1 aromatic rings. The Hall–Kier alpha value is -1.34. The van der Waals surface area contributed by atoms with Crippen molar-refractivity contribution in [3.8, 4) is 0 Å². The average molecular weight is 274 g/mol. The zero-order valence-corrected chi connectivity index (χ0v) is 11.5. The van der Waals surface area contributed by atoms with E-state index in [4.69, 9.17) is 4.42 Å². The number of sulfonamides is 1. The number of carbonyl (C=O) groups is 1. The van der Waals surface area contributed by atoms with Gasteiger partial charge in [-0.05, 0) is 19.1 Å². The number of likely N-dealkylation sites (N-methyl/N-ethyl adjacent to an activating group) is 1. The fraction of sp³-hybridized carbons (Fsp3) is 0.545. The van der Waals surface area contributed by atoms with Crippen LogP contribution in [0.4, 0.5) is 0 Å². The molecule has 0 aliphatic heterocycles. The predicted octanol–water partition coefficient (Wildman–Crippen LogP) is 0.218. The van der Waals surface area contributed by atoms with E-state index in [2.05, 4.69) is 5.32 Å². The highest BCUT2D eigenvalue weighted by atomic mass is 32.2. The molecule has 0 saturated carbocycles. The Bertz CT molecular complexity index is 481. The number of nitrogens with zero attached hydrogens (tertiary/aromatic N) is 1. The highest BCUT2D eigenvalue weighted by Gasteiger charge is 2.16. The zero-order valence-electron chi connectivity index (χ0n) is 10.7. The molecule has 1 N–H and O–H groups in total. The second kappa shape index (κ2) is 6.01. The van der Waals surface area contributed by atoms with Gasteiger partial charge in [-0.3, -0.25) is 4.79 Å². The van der Waals surface area contributed by atoms with Gasteiger partial charge in [-0.15, -0.1) is 0 Å². The second-order valence-corrected chi connectivity index (χ2v) is 6.36. The molecule has 18 heavy (non-hydrogen) atoms. The third-order valence-electron chi connectivity index (χ3n) is 2.43. The number of amides is 1. The lowest BCUT2D eigenvalue weighted by Gasteiger charge is -2.16. The van der Waals surface area contributed by atoms with Gasteiger partial charge in [-0.25, -0.2) is 8.42 Å². The molecule has 7 heteroatoms. The summed E-state index contributed by atoms with van der Waals surface area (Å²) in [7, 11) is -1.96. The van der Waals surface area contributed by atoms with Gasteiger partial charge in [0.1, 0.15) is 5.76 Å². The summed E-state index contributed by atoms with van der Waals surface area (Å²) in [6, 6.07) is 3.49. The molecule has 0 spiro atoms. The first-order chi connectivity index (χ1) is 8.29. The summed E-state index contributed by atoms with van der Waals surface area (Å²) in [6.45, 7) is 1.65. The maximum atomic E-state index is 11.6. The van der Waals surface area contributed by atoms with Crippen LogP contribution in [-0.2, 0) is 21.2 Å². The van der Waals surface area contributed by atoms with Gasteiger partial charge in [0, 0.05) is 19.5 Å². The quantitative estimate of drug-likeness (QED) is 0.804. The van der Waals surface area contributed by atoms with Crippen molar-refractivity contribution in [3.05, 3.63) is 24.2 Å². The molecule has 1 atom stereocenters. The van der Waals surface area contributed by atoms with Crippen LogP contribution in [0.3, 0.4) is 0 Å². The number of hydrogen-bond donors (Lipinski definition) is 1. The van der Waals surface area contributed by atoms with E-state index >= 15 is 0 Å². The van der Waals surface area contributed by atoms with Crippen molar-refractivity contribution in [1.29, 1.82) is 0 Å². The third kappa shape index (κ3) is 4.89. The summed E-state index contributed by atoms with van der Waals surface area (Å²) >= 11 is 0. The molecule has 0 aliphatic rings. The van der Waals surface area contributed by atoms with Crippen LogP contribution in [0.5, 0.6) is 0 Å². The average Bonchev–Trinajstić information content (AvgIpc) is 2.67. The van der Waals surface area contributed by atoms with Gasteiger partial charge in [0.05, 0.1) is 19.1 Å². The zero-order chi connectivity index (χ0) is 13.8. The van der Waals surface area contributed by atoms with Gasteiger partial charge in [-0.1, -0.05) is 0 Å². The highest BCUT2D eigenvalue weighted by molar-refractivity contribution is 7.88. The monoisotopic (exact) mass is 274 g/mol. The van der Waals surface area contributed by atoms with Crippen molar-refractivity contribution in [2.24, 2.45) is 0 Å². The standard InChI is InChI=1S/C11H18N2O4S/c1-9(7-10-5-4-6-17-10)12-11(14)8-13(2)18(3,15)16/h4-6,9H,7-8H2,1-3H3,(H,12,14)/t9-/m0/s1. The topological polar surface area (TPSA) is 79.6 Å². The third-order valence-corrected chi connectivity index (χ3v) is 3.69. The molecule has 1 rings (SSSR count). The molecule has 1 amide bonds. The minimum absolute atomic E-state index is 0.114. The highest BCUT2D eigenvalue weighted by Crippen LogP contribution is 2.03. The Balaban J connectivity index is 2.40. The number of nitrogens with one attached hydrogen (secondary N) is 1. The predicted molar refractivity (Wildman–Crippen MR) is 67.5 cm³/mol. The van der Waals surface area contributed by atoms with Crippen molar-refractivity contribution in [2.75, 3.05) is 19.8 Å². The van der Waals surface area contributed by atoms with Gasteiger partial charge in [-0.2, -0.15) is 4.31 Å². The minimum atomic E-state index is -3.33. The van der Waals surface area contributed by atoms with Gasteiger partial charge >= 0.3 is 0 Å². The normalized spacial score (nSPS) is 13.6. The van der Waals surface area contributed by atoms with Crippen LogP contribution < -0.4 is 5.32 Å². The van der Waals surface area contributed by atoms with Gasteiger partial charge in [0.25, 0.3) is 0 Å². The van der Waals surface area contributed by atoms with E-state index in [1.165, 1.54) is 7.05 Å². The lowest BCUT2D eigenvalue weighted by atomic mass is 10.2. The fourth-order valence-electron chi connectivity index (χ4n) is 1.42.